The van der Waals surface area contributed by atoms with Crippen molar-refractivity contribution < 1.29 is 18.3 Å². The summed E-state index contributed by atoms with van der Waals surface area (Å²) in [5.74, 6) is -0.924. The van der Waals surface area contributed by atoms with Gasteiger partial charge in [0.05, 0.1) is 11.3 Å². The first-order valence-electron chi connectivity index (χ1n) is 5.46. The van der Waals surface area contributed by atoms with E-state index in [1.165, 1.54) is 12.1 Å². The molecule has 0 amide bonds. The first-order chi connectivity index (χ1) is 8.24. The Bertz CT molecular complexity index is 603. The fraction of sp³-hybridized carbons (Fsp3) is 0.417. The maximum atomic E-state index is 11.7. The molecular weight excluding hydrogens is 276 g/mol. The summed E-state index contributed by atoms with van der Waals surface area (Å²) in [5.41, 5.74) is -0.0188. The highest BCUT2D eigenvalue weighted by molar-refractivity contribution is 7.90. The highest BCUT2D eigenvalue weighted by Crippen LogP contribution is 2.53. The molecule has 1 aromatic carbocycles. The quantitative estimate of drug-likeness (QED) is 0.922. The molecule has 0 atom stereocenters. The minimum absolute atomic E-state index is 0.0597. The van der Waals surface area contributed by atoms with Crippen LogP contribution in [-0.4, -0.2) is 25.7 Å². The van der Waals surface area contributed by atoms with E-state index < -0.39 is 21.2 Å². The van der Waals surface area contributed by atoms with Crippen LogP contribution in [-0.2, 0) is 20.0 Å². The first-order valence-corrected chi connectivity index (χ1v) is 7.73. The number of hydrogen-bond donors (Lipinski definition) is 1. The Hall–Kier alpha value is -1.07. The molecule has 0 bridgehead atoms. The topological polar surface area (TPSA) is 71.4 Å². The summed E-state index contributed by atoms with van der Waals surface area (Å²) in [6, 6.07) is 4.54. The SMILES string of the molecule is CS(=O)(=O)c1ccc(Cl)cc1C1(CC(=O)O)CC1. The Morgan fingerprint density at radius 2 is 2.06 bits per heavy atom. The molecule has 0 saturated heterocycles. The van der Waals surface area contributed by atoms with Crippen molar-refractivity contribution in [2.24, 2.45) is 0 Å². The standard InChI is InChI=1S/C12H13ClO4S/c1-18(16,17)10-3-2-8(13)6-9(10)12(4-5-12)7-11(14)15/h2-3,6H,4-5,7H2,1H3,(H,14,15). The lowest BCUT2D eigenvalue weighted by Gasteiger charge is -2.17. The van der Waals surface area contributed by atoms with Crippen molar-refractivity contribution in [2.75, 3.05) is 6.26 Å². The fourth-order valence-corrected chi connectivity index (χ4v) is 3.38. The van der Waals surface area contributed by atoms with Crippen LogP contribution in [0.25, 0.3) is 0 Å². The highest BCUT2D eigenvalue weighted by atomic mass is 35.5. The Labute approximate surface area is 110 Å². The lowest BCUT2D eigenvalue weighted by molar-refractivity contribution is -0.137. The fourth-order valence-electron chi connectivity index (χ4n) is 2.22. The third kappa shape index (κ3) is 2.52. The van der Waals surface area contributed by atoms with Gasteiger partial charge in [-0.3, -0.25) is 4.79 Å². The largest absolute Gasteiger partial charge is 0.481 e. The van der Waals surface area contributed by atoms with Crippen LogP contribution >= 0.6 is 11.6 Å². The van der Waals surface area contributed by atoms with Gasteiger partial charge >= 0.3 is 5.97 Å². The molecule has 1 saturated carbocycles. The van der Waals surface area contributed by atoms with Gasteiger partial charge in [0.15, 0.2) is 9.84 Å². The third-order valence-electron chi connectivity index (χ3n) is 3.26. The van der Waals surface area contributed by atoms with Gasteiger partial charge in [0.2, 0.25) is 0 Å². The molecule has 1 aromatic rings. The molecule has 0 unspecified atom stereocenters. The summed E-state index contributed by atoms with van der Waals surface area (Å²) >= 11 is 5.90. The second-order valence-electron chi connectivity index (χ2n) is 4.76. The van der Waals surface area contributed by atoms with Gasteiger partial charge in [-0.15, -0.1) is 0 Å². The summed E-state index contributed by atoms with van der Waals surface area (Å²) in [5, 5.41) is 9.36. The molecule has 1 fully saturated rings. The Morgan fingerprint density at radius 3 is 2.50 bits per heavy atom. The molecule has 0 radical (unpaired) electrons. The van der Waals surface area contributed by atoms with E-state index in [1.54, 1.807) is 6.07 Å². The van der Waals surface area contributed by atoms with Crippen LogP contribution in [0.2, 0.25) is 5.02 Å². The maximum absolute atomic E-state index is 11.7. The van der Waals surface area contributed by atoms with E-state index in [1.807, 2.05) is 0 Å². The maximum Gasteiger partial charge on any atom is 0.304 e. The minimum Gasteiger partial charge on any atom is -0.481 e. The molecule has 0 spiro atoms. The van der Waals surface area contributed by atoms with Gasteiger partial charge in [0.25, 0.3) is 0 Å². The molecule has 18 heavy (non-hydrogen) atoms. The highest BCUT2D eigenvalue weighted by Gasteiger charge is 2.48. The number of carboxylic acids is 1. The van der Waals surface area contributed by atoms with Crippen molar-refractivity contribution in [1.82, 2.24) is 0 Å². The van der Waals surface area contributed by atoms with Crippen LogP contribution < -0.4 is 0 Å². The molecule has 1 aliphatic rings. The second-order valence-corrected chi connectivity index (χ2v) is 7.18. The lowest BCUT2D eigenvalue weighted by atomic mass is 9.92. The average molecular weight is 289 g/mol. The van der Waals surface area contributed by atoms with E-state index in [-0.39, 0.29) is 11.3 Å². The summed E-state index contributed by atoms with van der Waals surface area (Å²) in [4.78, 5) is 11.1. The lowest BCUT2D eigenvalue weighted by Crippen LogP contribution is -2.16. The van der Waals surface area contributed by atoms with Crippen LogP contribution in [0.5, 0.6) is 0 Å². The van der Waals surface area contributed by atoms with Crippen molar-refractivity contribution in [3.8, 4) is 0 Å². The van der Waals surface area contributed by atoms with E-state index in [2.05, 4.69) is 0 Å². The van der Waals surface area contributed by atoms with E-state index in [4.69, 9.17) is 16.7 Å². The normalized spacial score (nSPS) is 17.4. The van der Waals surface area contributed by atoms with E-state index in [9.17, 15) is 13.2 Å². The summed E-state index contributed by atoms with van der Waals surface area (Å²) in [6.45, 7) is 0. The molecule has 0 aliphatic heterocycles. The summed E-state index contributed by atoms with van der Waals surface area (Å²) in [6.07, 6.45) is 2.43. The van der Waals surface area contributed by atoms with Gasteiger partial charge in [0, 0.05) is 16.7 Å². The molecule has 0 aromatic heterocycles. The van der Waals surface area contributed by atoms with Crippen molar-refractivity contribution in [2.45, 2.75) is 29.6 Å². The molecule has 4 nitrogen and oxygen atoms in total. The van der Waals surface area contributed by atoms with Crippen molar-refractivity contribution in [3.63, 3.8) is 0 Å². The van der Waals surface area contributed by atoms with Gasteiger partial charge in [0.1, 0.15) is 0 Å². The molecule has 2 rings (SSSR count). The number of benzene rings is 1. The van der Waals surface area contributed by atoms with Crippen LogP contribution in [0.15, 0.2) is 23.1 Å². The average Bonchev–Trinajstić information content (AvgIpc) is 2.95. The zero-order chi connectivity index (χ0) is 13.6. The Kier molecular flexibility index (Phi) is 3.15. The van der Waals surface area contributed by atoms with Gasteiger partial charge in [-0.1, -0.05) is 11.6 Å². The zero-order valence-electron chi connectivity index (χ0n) is 9.81. The minimum atomic E-state index is -3.38. The van der Waals surface area contributed by atoms with Crippen molar-refractivity contribution in [1.29, 1.82) is 0 Å². The summed E-state index contributed by atoms with van der Waals surface area (Å²) in [7, 11) is -3.38. The van der Waals surface area contributed by atoms with Gasteiger partial charge in [-0.2, -0.15) is 0 Å². The van der Waals surface area contributed by atoms with Gasteiger partial charge in [-0.05, 0) is 36.6 Å². The number of hydrogen-bond acceptors (Lipinski definition) is 3. The zero-order valence-corrected chi connectivity index (χ0v) is 11.4. The Morgan fingerprint density at radius 1 is 1.44 bits per heavy atom. The van der Waals surface area contributed by atoms with E-state index in [0.29, 0.717) is 23.4 Å². The molecule has 1 aliphatic carbocycles. The van der Waals surface area contributed by atoms with Crippen LogP contribution in [0.4, 0.5) is 0 Å². The van der Waals surface area contributed by atoms with E-state index >= 15 is 0 Å². The van der Waals surface area contributed by atoms with Crippen molar-refractivity contribution >= 4 is 27.4 Å². The first kappa shape index (κ1) is 13.4. The Balaban J connectivity index is 2.56. The number of halogens is 1. The number of aliphatic carboxylic acids is 1. The molecular formula is C12H13ClO4S. The predicted molar refractivity (Wildman–Crippen MR) is 67.7 cm³/mol. The summed E-state index contributed by atoms with van der Waals surface area (Å²) < 4.78 is 23.5. The van der Waals surface area contributed by atoms with Gasteiger partial charge in [-0.25, -0.2) is 8.42 Å². The van der Waals surface area contributed by atoms with Crippen molar-refractivity contribution in [3.05, 3.63) is 28.8 Å². The number of carboxylic acid groups (broad SMARTS) is 1. The van der Waals surface area contributed by atoms with E-state index in [0.717, 1.165) is 6.26 Å². The molecule has 1 N–H and O–H groups in total. The van der Waals surface area contributed by atoms with Crippen LogP contribution in [0.3, 0.4) is 0 Å². The molecule has 98 valence electrons. The number of sulfone groups is 1. The van der Waals surface area contributed by atoms with Gasteiger partial charge < -0.3 is 5.11 Å². The third-order valence-corrected chi connectivity index (χ3v) is 4.65. The monoisotopic (exact) mass is 288 g/mol. The number of carbonyl (C=O) groups is 1. The van der Waals surface area contributed by atoms with Crippen LogP contribution in [0.1, 0.15) is 24.8 Å². The smallest absolute Gasteiger partial charge is 0.304 e. The predicted octanol–water partition coefficient (Wildman–Crippen LogP) is 2.25. The molecule has 0 heterocycles. The number of rotatable bonds is 4. The van der Waals surface area contributed by atoms with Crippen LogP contribution in [0, 0.1) is 0 Å². The molecule has 6 heteroatoms. The second kappa shape index (κ2) is 4.24.